The summed E-state index contributed by atoms with van der Waals surface area (Å²) >= 11 is 0. The fraction of sp³-hybridized carbons (Fsp3) is 0.667. The Morgan fingerprint density at radius 1 is 1.22 bits per heavy atom. The first-order chi connectivity index (χ1) is 12.5. The van der Waals surface area contributed by atoms with E-state index in [1.54, 1.807) is 7.05 Å². The van der Waals surface area contributed by atoms with E-state index in [1.807, 2.05) is 11.6 Å². The lowest BCUT2D eigenvalue weighted by Gasteiger charge is -2.11. The van der Waals surface area contributed by atoms with Crippen LogP contribution in [0.15, 0.2) is 15.6 Å². The summed E-state index contributed by atoms with van der Waals surface area (Å²) in [5.41, 5.74) is 2.27. The molecular formula is C18H32IN7O. The Morgan fingerprint density at radius 3 is 2.48 bits per heavy atom. The minimum atomic E-state index is 0. The van der Waals surface area contributed by atoms with Gasteiger partial charge < -0.3 is 15.2 Å². The Labute approximate surface area is 178 Å². The molecule has 0 saturated carbocycles. The Balaban J connectivity index is 0.00000364. The van der Waals surface area contributed by atoms with Gasteiger partial charge in [0.05, 0.1) is 5.69 Å². The summed E-state index contributed by atoms with van der Waals surface area (Å²) in [7, 11) is 1.78. The minimum absolute atomic E-state index is 0. The lowest BCUT2D eigenvalue weighted by molar-refractivity contribution is 0.368. The number of halogens is 1. The molecule has 0 spiro atoms. The molecule has 0 fully saturated rings. The van der Waals surface area contributed by atoms with Crippen molar-refractivity contribution in [1.82, 2.24) is 30.6 Å². The first-order valence-corrected chi connectivity index (χ1v) is 9.27. The molecule has 0 amide bonds. The van der Waals surface area contributed by atoms with E-state index in [0.29, 0.717) is 11.8 Å². The molecule has 2 N–H and O–H groups in total. The van der Waals surface area contributed by atoms with Gasteiger partial charge in [0, 0.05) is 44.7 Å². The molecule has 152 valence electrons. The second-order valence-electron chi connectivity index (χ2n) is 6.73. The highest BCUT2D eigenvalue weighted by molar-refractivity contribution is 14.0. The summed E-state index contributed by atoms with van der Waals surface area (Å²) in [4.78, 5) is 8.63. The fourth-order valence-electron chi connectivity index (χ4n) is 2.61. The van der Waals surface area contributed by atoms with Crippen LogP contribution in [0, 0.1) is 13.8 Å². The number of hydrogen-bond donors (Lipinski definition) is 2. The van der Waals surface area contributed by atoms with Gasteiger partial charge in [0.1, 0.15) is 0 Å². The van der Waals surface area contributed by atoms with E-state index < -0.39 is 0 Å². The third-order valence-corrected chi connectivity index (χ3v) is 4.03. The molecule has 0 unspecified atom stereocenters. The van der Waals surface area contributed by atoms with E-state index in [0.717, 1.165) is 56.4 Å². The summed E-state index contributed by atoms with van der Waals surface area (Å²) in [6.07, 6.45) is 2.66. The molecule has 0 atom stereocenters. The third kappa shape index (κ3) is 7.86. The molecule has 9 heteroatoms. The predicted molar refractivity (Wildman–Crippen MR) is 118 cm³/mol. The highest BCUT2D eigenvalue weighted by atomic mass is 127. The standard InChI is InChI=1S/C18H31N7O.HI/c1-13(2)17-22-16(26-24-17)8-6-9-20-18(19-5)21-10-7-11-25-15(4)12-14(3)23-25;/h12-13H,6-11H2,1-5H3,(H2,19,20,21);1H. The molecule has 0 aliphatic carbocycles. The van der Waals surface area contributed by atoms with Gasteiger partial charge in [-0.05, 0) is 32.8 Å². The zero-order chi connectivity index (χ0) is 18.9. The van der Waals surface area contributed by atoms with E-state index in [9.17, 15) is 0 Å². The Hall–Kier alpha value is -1.65. The van der Waals surface area contributed by atoms with Gasteiger partial charge in [-0.1, -0.05) is 19.0 Å². The zero-order valence-electron chi connectivity index (χ0n) is 16.9. The van der Waals surface area contributed by atoms with Crippen LogP contribution >= 0.6 is 24.0 Å². The summed E-state index contributed by atoms with van der Waals surface area (Å²) in [5, 5.41) is 15.1. The number of rotatable bonds is 9. The minimum Gasteiger partial charge on any atom is -0.356 e. The molecule has 27 heavy (non-hydrogen) atoms. The topological polar surface area (TPSA) is 93.2 Å². The predicted octanol–water partition coefficient (Wildman–Crippen LogP) is 2.81. The van der Waals surface area contributed by atoms with Gasteiger partial charge in [0.2, 0.25) is 5.89 Å². The van der Waals surface area contributed by atoms with Gasteiger partial charge in [-0.25, -0.2) is 0 Å². The number of nitrogens with one attached hydrogen (secondary N) is 2. The molecule has 2 aromatic rings. The molecule has 2 aromatic heterocycles. The van der Waals surface area contributed by atoms with Crippen LogP contribution in [0.5, 0.6) is 0 Å². The maximum atomic E-state index is 5.25. The lowest BCUT2D eigenvalue weighted by Crippen LogP contribution is -2.38. The van der Waals surface area contributed by atoms with Crippen LogP contribution in [0.1, 0.15) is 55.7 Å². The highest BCUT2D eigenvalue weighted by Crippen LogP contribution is 2.10. The molecule has 2 rings (SSSR count). The van der Waals surface area contributed by atoms with Crippen LogP contribution in [0.3, 0.4) is 0 Å². The van der Waals surface area contributed by atoms with Crippen molar-refractivity contribution in [3.8, 4) is 0 Å². The summed E-state index contributed by atoms with van der Waals surface area (Å²) in [5.74, 6) is 2.58. The molecular weight excluding hydrogens is 457 g/mol. The van der Waals surface area contributed by atoms with E-state index in [1.165, 1.54) is 5.69 Å². The van der Waals surface area contributed by atoms with Crippen molar-refractivity contribution >= 4 is 29.9 Å². The van der Waals surface area contributed by atoms with Gasteiger partial charge in [0.25, 0.3) is 0 Å². The van der Waals surface area contributed by atoms with Crippen LogP contribution in [-0.2, 0) is 13.0 Å². The van der Waals surface area contributed by atoms with Crippen molar-refractivity contribution in [1.29, 1.82) is 0 Å². The Morgan fingerprint density at radius 2 is 1.93 bits per heavy atom. The summed E-state index contributed by atoms with van der Waals surface area (Å²) in [6.45, 7) is 10.8. The molecule has 0 bridgehead atoms. The number of aromatic nitrogens is 4. The number of aryl methyl sites for hydroxylation is 4. The number of guanidine groups is 1. The third-order valence-electron chi connectivity index (χ3n) is 4.03. The molecule has 8 nitrogen and oxygen atoms in total. The fourth-order valence-corrected chi connectivity index (χ4v) is 2.61. The van der Waals surface area contributed by atoms with Crippen molar-refractivity contribution in [2.45, 2.75) is 59.4 Å². The van der Waals surface area contributed by atoms with Crippen molar-refractivity contribution in [2.24, 2.45) is 4.99 Å². The van der Waals surface area contributed by atoms with Crippen LogP contribution in [-0.4, -0.2) is 46.0 Å². The van der Waals surface area contributed by atoms with Crippen LogP contribution < -0.4 is 10.6 Å². The largest absolute Gasteiger partial charge is 0.356 e. The van der Waals surface area contributed by atoms with Gasteiger partial charge in [0.15, 0.2) is 11.8 Å². The lowest BCUT2D eigenvalue weighted by atomic mass is 10.2. The van der Waals surface area contributed by atoms with Gasteiger partial charge in [-0.15, -0.1) is 24.0 Å². The second-order valence-corrected chi connectivity index (χ2v) is 6.73. The smallest absolute Gasteiger partial charge is 0.226 e. The average molecular weight is 489 g/mol. The quantitative estimate of drug-likeness (QED) is 0.244. The van der Waals surface area contributed by atoms with Crippen molar-refractivity contribution in [3.63, 3.8) is 0 Å². The highest BCUT2D eigenvalue weighted by Gasteiger charge is 2.09. The first kappa shape index (κ1) is 23.4. The molecule has 0 aromatic carbocycles. The number of nitrogens with zero attached hydrogens (tertiary/aromatic N) is 5. The maximum Gasteiger partial charge on any atom is 0.226 e. The zero-order valence-corrected chi connectivity index (χ0v) is 19.3. The molecule has 0 aliphatic rings. The molecule has 0 saturated heterocycles. The van der Waals surface area contributed by atoms with Gasteiger partial charge >= 0.3 is 0 Å². The van der Waals surface area contributed by atoms with Crippen LogP contribution in [0.4, 0.5) is 0 Å². The van der Waals surface area contributed by atoms with E-state index >= 15 is 0 Å². The molecule has 2 heterocycles. The van der Waals surface area contributed by atoms with E-state index in [2.05, 4.69) is 57.7 Å². The first-order valence-electron chi connectivity index (χ1n) is 9.27. The Kier molecular flexibility index (Phi) is 10.3. The van der Waals surface area contributed by atoms with Crippen molar-refractivity contribution in [3.05, 3.63) is 29.2 Å². The van der Waals surface area contributed by atoms with Crippen molar-refractivity contribution < 1.29 is 4.52 Å². The molecule has 0 radical (unpaired) electrons. The van der Waals surface area contributed by atoms with Gasteiger partial charge in [-0.3, -0.25) is 9.67 Å². The SMILES string of the molecule is CN=C(NCCCc1nc(C(C)C)no1)NCCCn1nc(C)cc1C.I. The molecule has 0 aliphatic heterocycles. The van der Waals surface area contributed by atoms with Crippen molar-refractivity contribution in [2.75, 3.05) is 20.1 Å². The summed E-state index contributed by atoms with van der Waals surface area (Å²) in [6, 6.07) is 2.10. The number of aliphatic imine (C=N–C) groups is 1. The van der Waals surface area contributed by atoms with Crippen LogP contribution in [0.25, 0.3) is 0 Å². The summed E-state index contributed by atoms with van der Waals surface area (Å²) < 4.78 is 7.29. The maximum absolute atomic E-state index is 5.25. The van der Waals surface area contributed by atoms with E-state index in [4.69, 9.17) is 4.52 Å². The number of hydrogen-bond acceptors (Lipinski definition) is 5. The Bertz CT molecular complexity index is 708. The monoisotopic (exact) mass is 489 g/mol. The average Bonchev–Trinajstić information content (AvgIpc) is 3.20. The van der Waals surface area contributed by atoms with Gasteiger partial charge in [-0.2, -0.15) is 10.1 Å². The second kappa shape index (κ2) is 11.9. The van der Waals surface area contributed by atoms with E-state index in [-0.39, 0.29) is 24.0 Å². The van der Waals surface area contributed by atoms with Crippen LogP contribution in [0.2, 0.25) is 0 Å². The normalized spacial score (nSPS) is 11.6.